The molecule has 1 fully saturated rings. The second-order valence-corrected chi connectivity index (χ2v) is 3.34. The molecule has 1 aromatic rings. The smallest absolute Gasteiger partial charge is 0.0490 e. The minimum atomic E-state index is 0.791. The summed E-state index contributed by atoms with van der Waals surface area (Å²) in [7, 11) is 0. The zero-order chi connectivity index (χ0) is 8.23. The molecule has 0 atom stereocenters. The summed E-state index contributed by atoms with van der Waals surface area (Å²) in [5.74, 6) is 0.791. The quantitative estimate of drug-likeness (QED) is 0.720. The van der Waals surface area contributed by atoms with Gasteiger partial charge in [0, 0.05) is 25.1 Å². The summed E-state index contributed by atoms with van der Waals surface area (Å²) in [5.41, 5.74) is 1.25. The van der Waals surface area contributed by atoms with E-state index < -0.39 is 0 Å². The Labute approximate surface area is 72.1 Å². The Kier molecular flexibility index (Phi) is 2.42. The van der Waals surface area contributed by atoms with Crippen LogP contribution in [-0.2, 0) is 11.2 Å². The molecule has 3 nitrogen and oxygen atoms in total. The third-order valence-electron chi connectivity index (χ3n) is 2.41. The Morgan fingerprint density at radius 2 is 2.33 bits per heavy atom. The predicted molar refractivity (Wildman–Crippen MR) is 45.8 cm³/mol. The first kappa shape index (κ1) is 7.80. The number of rotatable bonds is 2. The first-order valence-electron chi connectivity index (χ1n) is 4.51. The number of H-pyrrole nitrogens is 1. The zero-order valence-electron chi connectivity index (χ0n) is 7.12. The van der Waals surface area contributed by atoms with Crippen LogP contribution < -0.4 is 0 Å². The first-order chi connectivity index (χ1) is 5.95. The third kappa shape index (κ3) is 1.85. The van der Waals surface area contributed by atoms with Crippen molar-refractivity contribution in [2.75, 3.05) is 13.2 Å². The lowest BCUT2D eigenvalue weighted by molar-refractivity contribution is 0.0662. The summed E-state index contributed by atoms with van der Waals surface area (Å²) in [6, 6.07) is 2.05. The van der Waals surface area contributed by atoms with E-state index in [9.17, 15) is 0 Å². The second kappa shape index (κ2) is 3.72. The number of nitrogens with zero attached hydrogens (tertiary/aromatic N) is 1. The Morgan fingerprint density at radius 3 is 3.00 bits per heavy atom. The Bertz CT molecular complexity index is 214. The maximum atomic E-state index is 5.29. The number of aromatic nitrogens is 2. The third-order valence-corrected chi connectivity index (χ3v) is 2.41. The van der Waals surface area contributed by atoms with E-state index in [1.165, 1.54) is 18.5 Å². The SMILES string of the molecule is c1cc(CC2CCOCC2)[nH]n1. The Balaban J connectivity index is 1.86. The highest BCUT2D eigenvalue weighted by molar-refractivity contribution is 4.98. The van der Waals surface area contributed by atoms with Crippen LogP contribution in [0.2, 0.25) is 0 Å². The molecule has 0 unspecified atom stereocenters. The molecule has 0 bridgehead atoms. The van der Waals surface area contributed by atoms with Gasteiger partial charge in [0.1, 0.15) is 0 Å². The molecule has 1 saturated heterocycles. The van der Waals surface area contributed by atoms with Crippen molar-refractivity contribution >= 4 is 0 Å². The number of hydrogen-bond donors (Lipinski definition) is 1. The fraction of sp³-hybridized carbons (Fsp3) is 0.667. The molecular weight excluding hydrogens is 152 g/mol. The largest absolute Gasteiger partial charge is 0.381 e. The van der Waals surface area contributed by atoms with Crippen molar-refractivity contribution in [3.8, 4) is 0 Å². The van der Waals surface area contributed by atoms with Gasteiger partial charge in [-0.15, -0.1) is 0 Å². The second-order valence-electron chi connectivity index (χ2n) is 3.34. The van der Waals surface area contributed by atoms with Gasteiger partial charge >= 0.3 is 0 Å². The molecule has 3 heteroatoms. The van der Waals surface area contributed by atoms with Crippen LogP contribution in [0.15, 0.2) is 12.3 Å². The van der Waals surface area contributed by atoms with Crippen molar-refractivity contribution in [1.82, 2.24) is 10.2 Å². The topological polar surface area (TPSA) is 37.9 Å². The summed E-state index contributed by atoms with van der Waals surface area (Å²) < 4.78 is 5.29. The summed E-state index contributed by atoms with van der Waals surface area (Å²) in [6.45, 7) is 1.86. The molecule has 66 valence electrons. The molecule has 0 amide bonds. The summed E-state index contributed by atoms with van der Waals surface area (Å²) in [6.07, 6.45) is 5.33. The fourth-order valence-electron chi connectivity index (χ4n) is 1.66. The standard InChI is InChI=1S/C9H14N2O/c1-4-10-11-9(1)7-8-2-5-12-6-3-8/h1,4,8H,2-3,5-7H2,(H,10,11). The average molecular weight is 166 g/mol. The van der Waals surface area contributed by atoms with Gasteiger partial charge in [0.15, 0.2) is 0 Å². The van der Waals surface area contributed by atoms with Gasteiger partial charge < -0.3 is 4.74 Å². The highest BCUT2D eigenvalue weighted by Gasteiger charge is 2.14. The molecule has 1 N–H and O–H groups in total. The summed E-state index contributed by atoms with van der Waals surface area (Å²) in [5, 5.41) is 6.93. The van der Waals surface area contributed by atoms with Crippen LogP contribution >= 0.6 is 0 Å². The van der Waals surface area contributed by atoms with Crippen LogP contribution in [0.3, 0.4) is 0 Å². The van der Waals surface area contributed by atoms with Crippen molar-refractivity contribution in [2.45, 2.75) is 19.3 Å². The van der Waals surface area contributed by atoms with Gasteiger partial charge in [-0.3, -0.25) is 5.10 Å². The van der Waals surface area contributed by atoms with E-state index in [-0.39, 0.29) is 0 Å². The average Bonchev–Trinajstić information content (AvgIpc) is 2.59. The Morgan fingerprint density at radius 1 is 1.50 bits per heavy atom. The molecule has 2 rings (SSSR count). The van der Waals surface area contributed by atoms with E-state index in [1.807, 2.05) is 6.20 Å². The summed E-state index contributed by atoms with van der Waals surface area (Å²) >= 11 is 0. The summed E-state index contributed by atoms with van der Waals surface area (Å²) in [4.78, 5) is 0. The van der Waals surface area contributed by atoms with E-state index in [1.54, 1.807) is 0 Å². The van der Waals surface area contributed by atoms with Gasteiger partial charge in [0.2, 0.25) is 0 Å². The molecule has 0 spiro atoms. The molecule has 1 aliphatic heterocycles. The van der Waals surface area contributed by atoms with Crippen LogP contribution in [-0.4, -0.2) is 23.4 Å². The maximum Gasteiger partial charge on any atom is 0.0490 e. The molecule has 0 aromatic carbocycles. The lowest BCUT2D eigenvalue weighted by atomic mass is 9.95. The Hall–Kier alpha value is -0.830. The minimum Gasteiger partial charge on any atom is -0.381 e. The number of nitrogens with one attached hydrogen (secondary N) is 1. The molecule has 0 radical (unpaired) electrons. The van der Waals surface area contributed by atoms with Gasteiger partial charge in [-0.05, 0) is 31.2 Å². The lowest BCUT2D eigenvalue weighted by Gasteiger charge is -2.20. The van der Waals surface area contributed by atoms with Gasteiger partial charge in [-0.2, -0.15) is 5.10 Å². The van der Waals surface area contributed by atoms with Gasteiger partial charge in [-0.1, -0.05) is 0 Å². The number of aromatic amines is 1. The van der Waals surface area contributed by atoms with Crippen LogP contribution in [0.1, 0.15) is 18.5 Å². The molecule has 1 aromatic heterocycles. The molecule has 0 saturated carbocycles. The van der Waals surface area contributed by atoms with Gasteiger partial charge in [0.05, 0.1) is 0 Å². The number of ether oxygens (including phenoxy) is 1. The van der Waals surface area contributed by atoms with Gasteiger partial charge in [-0.25, -0.2) is 0 Å². The van der Waals surface area contributed by atoms with Crippen LogP contribution in [0.5, 0.6) is 0 Å². The van der Waals surface area contributed by atoms with Crippen molar-refractivity contribution in [2.24, 2.45) is 5.92 Å². The van der Waals surface area contributed by atoms with Gasteiger partial charge in [0.25, 0.3) is 0 Å². The normalized spacial score (nSPS) is 19.7. The fourth-order valence-corrected chi connectivity index (χ4v) is 1.66. The van der Waals surface area contributed by atoms with E-state index >= 15 is 0 Å². The molecule has 12 heavy (non-hydrogen) atoms. The molecular formula is C9H14N2O. The van der Waals surface area contributed by atoms with Crippen LogP contribution in [0, 0.1) is 5.92 Å². The molecule has 0 aliphatic carbocycles. The predicted octanol–water partition coefficient (Wildman–Crippen LogP) is 1.38. The number of hydrogen-bond acceptors (Lipinski definition) is 2. The van der Waals surface area contributed by atoms with Crippen molar-refractivity contribution < 1.29 is 4.74 Å². The minimum absolute atomic E-state index is 0.791. The van der Waals surface area contributed by atoms with E-state index in [0.29, 0.717) is 0 Å². The maximum absolute atomic E-state index is 5.29. The van der Waals surface area contributed by atoms with E-state index in [0.717, 1.165) is 25.6 Å². The van der Waals surface area contributed by atoms with E-state index in [2.05, 4.69) is 16.3 Å². The van der Waals surface area contributed by atoms with Crippen molar-refractivity contribution in [3.05, 3.63) is 18.0 Å². The first-order valence-corrected chi connectivity index (χ1v) is 4.51. The monoisotopic (exact) mass is 166 g/mol. The van der Waals surface area contributed by atoms with Crippen molar-refractivity contribution in [1.29, 1.82) is 0 Å². The van der Waals surface area contributed by atoms with Crippen LogP contribution in [0.4, 0.5) is 0 Å². The highest BCUT2D eigenvalue weighted by atomic mass is 16.5. The lowest BCUT2D eigenvalue weighted by Crippen LogP contribution is -2.17. The van der Waals surface area contributed by atoms with E-state index in [4.69, 9.17) is 4.74 Å². The molecule has 2 heterocycles. The zero-order valence-corrected chi connectivity index (χ0v) is 7.12. The van der Waals surface area contributed by atoms with Crippen LogP contribution in [0.25, 0.3) is 0 Å². The molecule has 1 aliphatic rings. The van der Waals surface area contributed by atoms with Crippen molar-refractivity contribution in [3.63, 3.8) is 0 Å². The highest BCUT2D eigenvalue weighted by Crippen LogP contribution is 2.18.